The van der Waals surface area contributed by atoms with Gasteiger partial charge in [-0.1, -0.05) is 18.7 Å². The molecule has 0 saturated carbocycles. The van der Waals surface area contributed by atoms with Crippen LogP contribution in [0.25, 0.3) is 5.69 Å². The number of benzene rings is 2. The first-order valence-corrected chi connectivity index (χ1v) is 9.94. The van der Waals surface area contributed by atoms with Crippen molar-refractivity contribution in [1.82, 2.24) is 20.2 Å². The minimum atomic E-state index is -4.78. The third kappa shape index (κ3) is 6.28. The number of aromatic nitrogens is 4. The molecule has 0 unspecified atom stereocenters. The first-order valence-electron chi connectivity index (χ1n) is 8.95. The molecule has 31 heavy (non-hydrogen) atoms. The molecule has 3 rings (SSSR count). The van der Waals surface area contributed by atoms with Gasteiger partial charge in [-0.2, -0.15) is 4.68 Å². The van der Waals surface area contributed by atoms with Crippen LogP contribution >= 0.6 is 11.8 Å². The Morgan fingerprint density at radius 2 is 1.77 bits per heavy atom. The van der Waals surface area contributed by atoms with E-state index >= 15 is 0 Å². The summed E-state index contributed by atoms with van der Waals surface area (Å²) in [6.07, 6.45) is -4.43. The minimum Gasteiger partial charge on any atom is -0.406 e. The van der Waals surface area contributed by atoms with E-state index in [1.54, 1.807) is 31.2 Å². The fraction of sp³-hybridized carbons (Fsp3) is 0.211. The molecule has 0 spiro atoms. The Balaban J connectivity index is 1.63. The molecule has 162 valence electrons. The Hall–Kier alpha value is -3.41. The van der Waals surface area contributed by atoms with E-state index < -0.39 is 6.36 Å². The second-order valence-electron chi connectivity index (χ2n) is 6.11. The largest absolute Gasteiger partial charge is 0.573 e. The van der Waals surface area contributed by atoms with Gasteiger partial charge in [-0.15, -0.1) is 18.3 Å². The van der Waals surface area contributed by atoms with Crippen LogP contribution in [0.3, 0.4) is 0 Å². The molecule has 1 aromatic heterocycles. The van der Waals surface area contributed by atoms with E-state index in [0.717, 1.165) is 23.9 Å². The van der Waals surface area contributed by atoms with Gasteiger partial charge >= 0.3 is 6.36 Å². The summed E-state index contributed by atoms with van der Waals surface area (Å²) in [6.45, 7) is 1.74. The maximum absolute atomic E-state index is 12.4. The number of anilines is 1. The molecule has 1 amide bonds. The van der Waals surface area contributed by atoms with Gasteiger partial charge in [0.15, 0.2) is 5.78 Å². The second-order valence-corrected chi connectivity index (χ2v) is 7.05. The number of thioether (sulfide) groups is 1. The molecule has 1 heterocycles. The molecule has 0 radical (unpaired) electrons. The lowest BCUT2D eigenvalue weighted by Crippen LogP contribution is -2.17. The number of carbonyl (C=O) groups is 2. The van der Waals surface area contributed by atoms with Crippen molar-refractivity contribution < 1.29 is 27.5 Å². The summed E-state index contributed by atoms with van der Waals surface area (Å²) in [5.74, 6) is -0.635. The predicted octanol–water partition coefficient (Wildman–Crippen LogP) is 3.88. The Morgan fingerprint density at radius 1 is 1.10 bits per heavy atom. The Labute approximate surface area is 178 Å². The average molecular weight is 451 g/mol. The molecule has 8 nitrogen and oxygen atoms in total. The summed E-state index contributed by atoms with van der Waals surface area (Å²) >= 11 is 1.08. The van der Waals surface area contributed by atoms with E-state index in [0.29, 0.717) is 28.5 Å². The maximum Gasteiger partial charge on any atom is 0.573 e. The number of halogens is 3. The van der Waals surface area contributed by atoms with Gasteiger partial charge in [0.2, 0.25) is 11.1 Å². The van der Waals surface area contributed by atoms with Gasteiger partial charge in [0.1, 0.15) is 5.75 Å². The van der Waals surface area contributed by atoms with E-state index in [2.05, 4.69) is 25.6 Å². The average Bonchev–Trinajstić information content (AvgIpc) is 3.20. The first kappa shape index (κ1) is 22.3. The van der Waals surface area contributed by atoms with Gasteiger partial charge in [-0.25, -0.2) is 0 Å². The second kappa shape index (κ2) is 9.60. The standard InChI is InChI=1S/C19H16F3N5O3S/c1-2-17(29)23-13-5-3-12(4-6-13)16(28)11-31-18-24-25-26-27(18)14-7-9-15(10-8-14)30-19(20,21)22/h3-10H,2,11H2,1H3,(H,23,29). The fourth-order valence-electron chi connectivity index (χ4n) is 2.42. The fourth-order valence-corrected chi connectivity index (χ4v) is 3.21. The molecule has 2 aromatic carbocycles. The normalized spacial score (nSPS) is 11.2. The zero-order chi connectivity index (χ0) is 22.4. The van der Waals surface area contributed by atoms with Crippen molar-refractivity contribution in [2.45, 2.75) is 24.9 Å². The molecule has 0 bridgehead atoms. The number of Topliss-reactive ketones (excluding diaryl/α,β-unsaturated/α-hetero) is 1. The summed E-state index contributed by atoms with van der Waals surface area (Å²) in [5, 5.41) is 14.2. The van der Waals surface area contributed by atoms with Crippen molar-refractivity contribution in [2.75, 3.05) is 11.1 Å². The SMILES string of the molecule is CCC(=O)Nc1ccc(C(=O)CSc2nnnn2-c2ccc(OC(F)(F)F)cc2)cc1. The van der Waals surface area contributed by atoms with Crippen LogP contribution in [0.15, 0.2) is 53.7 Å². The highest BCUT2D eigenvalue weighted by Crippen LogP contribution is 2.25. The van der Waals surface area contributed by atoms with E-state index in [9.17, 15) is 22.8 Å². The number of amides is 1. The van der Waals surface area contributed by atoms with Crippen molar-refractivity contribution in [1.29, 1.82) is 0 Å². The van der Waals surface area contributed by atoms with Gasteiger partial charge in [0.25, 0.3) is 0 Å². The molecule has 0 aliphatic rings. The van der Waals surface area contributed by atoms with Crippen molar-refractivity contribution >= 4 is 29.1 Å². The quantitative estimate of drug-likeness (QED) is 0.410. The predicted molar refractivity (Wildman–Crippen MR) is 106 cm³/mol. The third-order valence-corrected chi connectivity index (χ3v) is 4.82. The number of ether oxygens (including phenoxy) is 1. The van der Waals surface area contributed by atoms with Crippen LogP contribution in [0.2, 0.25) is 0 Å². The lowest BCUT2D eigenvalue weighted by Gasteiger charge is -2.09. The Bertz CT molecular complexity index is 1050. The van der Waals surface area contributed by atoms with Crippen LogP contribution in [-0.2, 0) is 4.79 Å². The van der Waals surface area contributed by atoms with Crippen LogP contribution in [0, 0.1) is 0 Å². The summed E-state index contributed by atoms with van der Waals surface area (Å²) in [6, 6.07) is 11.5. The molecule has 1 N–H and O–H groups in total. The number of nitrogens with one attached hydrogen (secondary N) is 1. The number of tetrazole rings is 1. The van der Waals surface area contributed by atoms with E-state index in [-0.39, 0.29) is 23.2 Å². The first-order chi connectivity index (χ1) is 14.7. The molecule has 0 fully saturated rings. The van der Waals surface area contributed by atoms with Crippen LogP contribution in [-0.4, -0.2) is 44.0 Å². The molecule has 12 heteroatoms. The number of hydrogen-bond donors (Lipinski definition) is 1. The smallest absolute Gasteiger partial charge is 0.406 e. The lowest BCUT2D eigenvalue weighted by atomic mass is 10.1. The van der Waals surface area contributed by atoms with Gasteiger partial charge in [0, 0.05) is 17.7 Å². The highest BCUT2D eigenvalue weighted by atomic mass is 32.2. The minimum absolute atomic E-state index is 0.0380. The number of ketones is 1. The third-order valence-electron chi connectivity index (χ3n) is 3.90. The highest BCUT2D eigenvalue weighted by molar-refractivity contribution is 7.99. The summed E-state index contributed by atoms with van der Waals surface area (Å²) < 4.78 is 42.0. The van der Waals surface area contributed by atoms with Gasteiger partial charge in [0.05, 0.1) is 11.4 Å². The Kier molecular flexibility index (Phi) is 6.90. The number of nitrogens with zero attached hydrogens (tertiary/aromatic N) is 4. The van der Waals surface area contributed by atoms with Gasteiger partial charge in [-0.3, -0.25) is 9.59 Å². The Morgan fingerprint density at radius 3 is 2.39 bits per heavy atom. The molecule has 0 aliphatic carbocycles. The molecule has 0 aliphatic heterocycles. The van der Waals surface area contributed by atoms with Crippen molar-refractivity contribution in [2.24, 2.45) is 0 Å². The zero-order valence-corrected chi connectivity index (χ0v) is 16.9. The van der Waals surface area contributed by atoms with Crippen LogP contribution in [0.4, 0.5) is 18.9 Å². The highest BCUT2D eigenvalue weighted by Gasteiger charge is 2.31. The van der Waals surface area contributed by atoms with Crippen LogP contribution < -0.4 is 10.1 Å². The van der Waals surface area contributed by atoms with Crippen LogP contribution in [0.5, 0.6) is 5.75 Å². The topological polar surface area (TPSA) is 99.0 Å². The molecular weight excluding hydrogens is 435 g/mol. The monoisotopic (exact) mass is 451 g/mol. The van der Waals surface area contributed by atoms with E-state index in [1.165, 1.54) is 16.8 Å². The maximum atomic E-state index is 12.4. The number of alkyl halides is 3. The van der Waals surface area contributed by atoms with Crippen molar-refractivity contribution in [3.05, 3.63) is 54.1 Å². The van der Waals surface area contributed by atoms with Gasteiger partial charge in [-0.05, 0) is 59.0 Å². The summed E-state index contributed by atoms with van der Waals surface area (Å²) in [5.41, 5.74) is 1.46. The molecular formula is C19H16F3N5O3S. The zero-order valence-electron chi connectivity index (χ0n) is 16.1. The number of carbonyl (C=O) groups excluding carboxylic acids is 2. The van der Waals surface area contributed by atoms with E-state index in [4.69, 9.17) is 0 Å². The summed E-state index contributed by atoms with van der Waals surface area (Å²) in [4.78, 5) is 23.8. The number of hydrogen-bond acceptors (Lipinski definition) is 7. The van der Waals surface area contributed by atoms with Gasteiger partial charge < -0.3 is 10.1 Å². The molecule has 0 atom stereocenters. The van der Waals surface area contributed by atoms with E-state index in [1.807, 2.05) is 0 Å². The molecule has 0 saturated heterocycles. The molecule has 3 aromatic rings. The number of rotatable bonds is 8. The van der Waals surface area contributed by atoms with Crippen LogP contribution in [0.1, 0.15) is 23.7 Å². The lowest BCUT2D eigenvalue weighted by molar-refractivity contribution is -0.274. The van der Waals surface area contributed by atoms with Crippen molar-refractivity contribution in [3.8, 4) is 11.4 Å². The van der Waals surface area contributed by atoms with Crippen molar-refractivity contribution in [3.63, 3.8) is 0 Å². The summed E-state index contributed by atoms with van der Waals surface area (Å²) in [7, 11) is 0.